The Labute approximate surface area is 251 Å². The fourth-order valence-electron chi connectivity index (χ4n) is 7.04. The topological polar surface area (TPSA) is 55.1 Å². The highest BCUT2D eigenvalue weighted by Gasteiger charge is 2.53. The van der Waals surface area contributed by atoms with E-state index in [2.05, 4.69) is 91.3 Å². The van der Waals surface area contributed by atoms with Crippen LogP contribution in [0, 0.1) is 16.7 Å². The fraction of sp³-hybridized carbons (Fsp3) is 0.667. The van der Waals surface area contributed by atoms with E-state index in [0.717, 1.165) is 36.8 Å². The zero-order valence-electron chi connectivity index (χ0n) is 27.4. The predicted octanol–water partition coefficient (Wildman–Crippen LogP) is 9.70. The Morgan fingerprint density at radius 3 is 2.17 bits per heavy atom. The molecule has 2 heterocycles. The highest BCUT2D eigenvalue weighted by molar-refractivity contribution is 8.29. The lowest BCUT2D eigenvalue weighted by atomic mass is 9.70. The van der Waals surface area contributed by atoms with Gasteiger partial charge in [-0.2, -0.15) is 5.26 Å². The van der Waals surface area contributed by atoms with E-state index in [1.54, 1.807) is 0 Å². The van der Waals surface area contributed by atoms with Gasteiger partial charge in [0.1, 0.15) is 6.10 Å². The van der Waals surface area contributed by atoms with E-state index in [1.165, 1.54) is 40.9 Å². The number of hydrogen-bond donors (Lipinski definition) is 0. The SMILES string of the molecule is CC(C)c1nc2c(c3c1C(c1ccc(C(C)(C)C#N)cc1)OC31CCCC1)C(OS(C)(C)C(C)(C)C)CC(C)(C)C2. The molecule has 1 fully saturated rings. The molecule has 5 heteroatoms. The summed E-state index contributed by atoms with van der Waals surface area (Å²) in [7, 11) is -1.35. The second kappa shape index (κ2) is 10.1. The molecule has 0 amide bonds. The van der Waals surface area contributed by atoms with Crippen LogP contribution in [0.3, 0.4) is 0 Å². The maximum absolute atomic E-state index is 9.71. The molecule has 2 aromatic rings. The monoisotopic (exact) mass is 576 g/mol. The van der Waals surface area contributed by atoms with Crippen molar-refractivity contribution in [2.45, 2.75) is 135 Å². The van der Waals surface area contributed by atoms with Crippen LogP contribution in [-0.2, 0) is 26.4 Å². The van der Waals surface area contributed by atoms with Crippen LogP contribution in [-0.4, -0.2) is 22.2 Å². The lowest BCUT2D eigenvalue weighted by Gasteiger charge is -2.49. The minimum Gasteiger partial charge on any atom is -0.358 e. The van der Waals surface area contributed by atoms with Gasteiger partial charge in [0.15, 0.2) is 0 Å². The standard InChI is InChI=1S/C36H52N2O2S/c1-23(2)31-29-30(28-26(38-31)20-34(6,7)21-27(28)40-41(10,11)33(3,4)5)36(18-12-13-19-36)39-32(29)24-14-16-25(17-15-24)35(8,9)22-37/h14-17,23,27,32H,12-13,18-21H2,1-11H3. The number of benzene rings is 1. The Hall–Kier alpha value is -1.87. The van der Waals surface area contributed by atoms with Gasteiger partial charge in [-0.15, -0.1) is 10.3 Å². The average molecular weight is 577 g/mol. The van der Waals surface area contributed by atoms with Gasteiger partial charge in [-0.1, -0.05) is 85.6 Å². The summed E-state index contributed by atoms with van der Waals surface area (Å²) >= 11 is 0. The first-order valence-corrected chi connectivity index (χ1v) is 18.0. The fourth-order valence-corrected chi connectivity index (χ4v) is 8.07. The molecule has 224 valence electrons. The van der Waals surface area contributed by atoms with Gasteiger partial charge in [0.2, 0.25) is 0 Å². The summed E-state index contributed by atoms with van der Waals surface area (Å²) in [6.07, 6.45) is 11.0. The van der Waals surface area contributed by atoms with E-state index in [4.69, 9.17) is 13.9 Å². The summed E-state index contributed by atoms with van der Waals surface area (Å²) in [4.78, 5) is 5.53. The van der Waals surface area contributed by atoms with Crippen LogP contribution in [0.15, 0.2) is 24.3 Å². The van der Waals surface area contributed by atoms with Gasteiger partial charge in [0, 0.05) is 27.3 Å². The van der Waals surface area contributed by atoms with E-state index in [0.29, 0.717) is 0 Å². The molecule has 5 rings (SSSR count). The normalized spacial score (nSPS) is 23.9. The number of nitrogens with zero attached hydrogens (tertiary/aromatic N) is 2. The van der Waals surface area contributed by atoms with Crippen molar-refractivity contribution in [3.8, 4) is 6.07 Å². The molecular weight excluding hydrogens is 524 g/mol. The van der Waals surface area contributed by atoms with Gasteiger partial charge in [0.25, 0.3) is 0 Å². The second-order valence-corrected chi connectivity index (χ2v) is 19.7. The van der Waals surface area contributed by atoms with Gasteiger partial charge in [-0.25, -0.2) is 0 Å². The molecule has 3 aliphatic rings. The van der Waals surface area contributed by atoms with E-state index in [1.807, 2.05) is 13.8 Å². The van der Waals surface area contributed by atoms with Crippen molar-refractivity contribution in [3.05, 3.63) is 63.5 Å². The van der Waals surface area contributed by atoms with Crippen LogP contribution >= 0.6 is 10.3 Å². The van der Waals surface area contributed by atoms with Crippen molar-refractivity contribution in [2.75, 3.05) is 12.5 Å². The molecule has 1 aromatic heterocycles. The Morgan fingerprint density at radius 2 is 1.63 bits per heavy atom. The number of nitriles is 1. The molecule has 1 aliphatic heterocycles. The van der Waals surface area contributed by atoms with Gasteiger partial charge >= 0.3 is 0 Å². The molecule has 2 aliphatic carbocycles. The summed E-state index contributed by atoms with van der Waals surface area (Å²) < 4.78 is 14.7. The minimum atomic E-state index is -1.35. The first-order valence-electron chi connectivity index (χ1n) is 15.6. The average Bonchev–Trinajstić information content (AvgIpc) is 3.47. The van der Waals surface area contributed by atoms with E-state index in [-0.39, 0.29) is 33.9 Å². The summed E-state index contributed by atoms with van der Waals surface area (Å²) in [5, 5.41) is 9.71. The van der Waals surface area contributed by atoms with Gasteiger partial charge < -0.3 is 8.92 Å². The largest absolute Gasteiger partial charge is 0.358 e. The zero-order valence-corrected chi connectivity index (χ0v) is 28.2. The lowest BCUT2D eigenvalue weighted by Crippen LogP contribution is -2.35. The number of rotatable bonds is 5. The molecule has 0 radical (unpaired) electrons. The predicted molar refractivity (Wildman–Crippen MR) is 172 cm³/mol. The molecule has 2 atom stereocenters. The van der Waals surface area contributed by atoms with Crippen molar-refractivity contribution in [1.82, 2.24) is 4.98 Å². The van der Waals surface area contributed by atoms with Crippen LogP contribution in [0.2, 0.25) is 0 Å². The number of aromatic nitrogens is 1. The maximum atomic E-state index is 9.71. The van der Waals surface area contributed by atoms with E-state index in [9.17, 15) is 5.26 Å². The van der Waals surface area contributed by atoms with Crippen molar-refractivity contribution < 1.29 is 8.92 Å². The van der Waals surface area contributed by atoms with Gasteiger partial charge in [-0.05, 0) is 80.1 Å². The number of pyridine rings is 1. The molecule has 4 nitrogen and oxygen atoms in total. The lowest BCUT2D eigenvalue weighted by molar-refractivity contribution is -0.0577. The first kappa shape index (κ1) is 30.6. The van der Waals surface area contributed by atoms with Gasteiger partial charge in [0.05, 0.1) is 23.2 Å². The Balaban J connectivity index is 1.74. The molecule has 1 spiro atoms. The van der Waals surface area contributed by atoms with Crippen LogP contribution in [0.4, 0.5) is 0 Å². The Kier molecular flexibility index (Phi) is 7.54. The highest BCUT2D eigenvalue weighted by Crippen LogP contribution is 2.63. The van der Waals surface area contributed by atoms with Crippen LogP contribution in [0.1, 0.15) is 152 Å². The third kappa shape index (κ3) is 5.28. The van der Waals surface area contributed by atoms with Crippen LogP contribution in [0.25, 0.3) is 0 Å². The van der Waals surface area contributed by atoms with Gasteiger partial charge in [-0.3, -0.25) is 4.98 Å². The zero-order chi connectivity index (χ0) is 30.2. The third-order valence-electron chi connectivity index (χ3n) is 10.2. The van der Waals surface area contributed by atoms with Crippen molar-refractivity contribution in [3.63, 3.8) is 0 Å². The molecule has 2 unspecified atom stereocenters. The first-order chi connectivity index (χ1) is 18.9. The van der Waals surface area contributed by atoms with E-state index < -0.39 is 15.7 Å². The second-order valence-electron chi connectivity index (χ2n) is 15.8. The number of ether oxygens (including phenoxy) is 1. The number of fused-ring (bicyclic) bond motifs is 4. The molecule has 1 saturated carbocycles. The summed E-state index contributed by atoms with van der Waals surface area (Å²) in [6, 6.07) is 11.1. The van der Waals surface area contributed by atoms with Crippen LogP contribution < -0.4 is 0 Å². The molecular formula is C36H52N2O2S. The number of hydrogen-bond acceptors (Lipinski definition) is 4. The molecule has 1 aromatic carbocycles. The summed E-state index contributed by atoms with van der Waals surface area (Å²) in [6.45, 7) is 20.2. The molecule has 0 bridgehead atoms. The Morgan fingerprint density at radius 1 is 1.02 bits per heavy atom. The minimum absolute atomic E-state index is 0.0130. The van der Waals surface area contributed by atoms with Crippen LogP contribution in [0.5, 0.6) is 0 Å². The summed E-state index contributed by atoms with van der Waals surface area (Å²) in [5.74, 6) is 0.287. The quantitative estimate of drug-likeness (QED) is 0.355. The summed E-state index contributed by atoms with van der Waals surface area (Å²) in [5.41, 5.74) is 7.98. The smallest absolute Gasteiger partial charge is 0.111 e. The molecule has 0 N–H and O–H groups in total. The third-order valence-corrected chi connectivity index (χ3v) is 13.8. The maximum Gasteiger partial charge on any atom is 0.111 e. The van der Waals surface area contributed by atoms with Crippen molar-refractivity contribution >= 4 is 10.3 Å². The molecule has 0 saturated heterocycles. The Bertz CT molecular complexity index is 1350. The van der Waals surface area contributed by atoms with E-state index >= 15 is 0 Å². The van der Waals surface area contributed by atoms with Crippen molar-refractivity contribution in [2.24, 2.45) is 5.41 Å². The molecule has 41 heavy (non-hydrogen) atoms. The van der Waals surface area contributed by atoms with Crippen molar-refractivity contribution in [1.29, 1.82) is 5.26 Å². The highest BCUT2D eigenvalue weighted by atomic mass is 32.3.